The van der Waals surface area contributed by atoms with Gasteiger partial charge in [-0.3, -0.25) is 4.79 Å². The van der Waals surface area contributed by atoms with Gasteiger partial charge in [-0.05, 0) is 42.5 Å². The molecule has 3 rings (SSSR count). The zero-order chi connectivity index (χ0) is 15.5. The fourth-order valence-corrected chi connectivity index (χ4v) is 2.58. The quantitative estimate of drug-likeness (QED) is 0.781. The van der Waals surface area contributed by atoms with E-state index in [4.69, 9.17) is 0 Å². The SMILES string of the molecule is O=C(Nc1ccc(-c2nccs2)cc1)c1cc(F)ccc1F. The summed E-state index contributed by atoms with van der Waals surface area (Å²) >= 11 is 1.51. The highest BCUT2D eigenvalue weighted by Gasteiger charge is 2.13. The standard InChI is InChI=1S/C16H10F2N2OS/c17-11-3-6-14(18)13(9-11)15(21)20-12-4-1-10(2-5-12)16-19-7-8-22-16/h1-9H,(H,20,21). The van der Waals surface area contributed by atoms with Gasteiger partial charge in [0.2, 0.25) is 0 Å². The molecule has 0 unspecified atom stereocenters. The highest BCUT2D eigenvalue weighted by molar-refractivity contribution is 7.13. The Balaban J connectivity index is 1.78. The molecule has 0 aliphatic heterocycles. The lowest BCUT2D eigenvalue weighted by Gasteiger charge is -2.07. The summed E-state index contributed by atoms with van der Waals surface area (Å²) in [5.74, 6) is -2.12. The van der Waals surface area contributed by atoms with Gasteiger partial charge in [-0.15, -0.1) is 11.3 Å². The summed E-state index contributed by atoms with van der Waals surface area (Å²) < 4.78 is 26.6. The van der Waals surface area contributed by atoms with Crippen molar-refractivity contribution in [3.05, 3.63) is 71.2 Å². The first-order valence-electron chi connectivity index (χ1n) is 6.40. The summed E-state index contributed by atoms with van der Waals surface area (Å²) in [5.41, 5.74) is 1.09. The minimum absolute atomic E-state index is 0.330. The van der Waals surface area contributed by atoms with Crippen LogP contribution in [-0.4, -0.2) is 10.9 Å². The number of hydrogen-bond donors (Lipinski definition) is 1. The van der Waals surface area contributed by atoms with Gasteiger partial charge in [0.1, 0.15) is 16.6 Å². The third-order valence-electron chi connectivity index (χ3n) is 3.00. The van der Waals surface area contributed by atoms with E-state index in [0.717, 1.165) is 28.8 Å². The van der Waals surface area contributed by atoms with Gasteiger partial charge in [0.05, 0.1) is 5.56 Å². The molecule has 2 aromatic carbocycles. The summed E-state index contributed by atoms with van der Waals surface area (Å²) in [6.07, 6.45) is 1.71. The van der Waals surface area contributed by atoms with Crippen molar-refractivity contribution < 1.29 is 13.6 Å². The molecule has 0 saturated heterocycles. The smallest absolute Gasteiger partial charge is 0.258 e. The molecule has 0 atom stereocenters. The minimum atomic E-state index is -0.765. The van der Waals surface area contributed by atoms with E-state index >= 15 is 0 Å². The molecule has 22 heavy (non-hydrogen) atoms. The predicted octanol–water partition coefficient (Wildman–Crippen LogP) is 4.34. The summed E-state index contributed by atoms with van der Waals surface area (Å²) in [6.45, 7) is 0. The number of carbonyl (C=O) groups is 1. The third-order valence-corrected chi connectivity index (χ3v) is 3.82. The second-order valence-electron chi connectivity index (χ2n) is 4.49. The van der Waals surface area contributed by atoms with Crippen molar-refractivity contribution in [2.45, 2.75) is 0 Å². The maximum atomic E-state index is 13.5. The number of nitrogens with zero attached hydrogens (tertiary/aromatic N) is 1. The van der Waals surface area contributed by atoms with E-state index in [-0.39, 0.29) is 5.56 Å². The molecule has 1 N–H and O–H groups in total. The first-order valence-corrected chi connectivity index (χ1v) is 7.28. The number of rotatable bonds is 3. The Labute approximate surface area is 129 Å². The van der Waals surface area contributed by atoms with Gasteiger partial charge in [0.15, 0.2) is 0 Å². The van der Waals surface area contributed by atoms with Crippen LogP contribution in [0.4, 0.5) is 14.5 Å². The summed E-state index contributed by atoms with van der Waals surface area (Å²) in [4.78, 5) is 16.2. The number of nitrogens with one attached hydrogen (secondary N) is 1. The Morgan fingerprint density at radius 3 is 2.55 bits per heavy atom. The van der Waals surface area contributed by atoms with Crippen LogP contribution in [0.1, 0.15) is 10.4 Å². The van der Waals surface area contributed by atoms with Crippen molar-refractivity contribution >= 4 is 22.9 Å². The number of thiazole rings is 1. The van der Waals surface area contributed by atoms with E-state index in [1.54, 1.807) is 30.5 Å². The Hall–Kier alpha value is -2.60. The van der Waals surface area contributed by atoms with Gasteiger partial charge >= 0.3 is 0 Å². The second-order valence-corrected chi connectivity index (χ2v) is 5.39. The van der Waals surface area contributed by atoms with Crippen molar-refractivity contribution in [1.29, 1.82) is 0 Å². The van der Waals surface area contributed by atoms with Crippen LogP contribution in [0, 0.1) is 11.6 Å². The van der Waals surface area contributed by atoms with Crippen LogP contribution in [0.25, 0.3) is 10.6 Å². The van der Waals surface area contributed by atoms with Crippen molar-refractivity contribution in [2.24, 2.45) is 0 Å². The molecule has 110 valence electrons. The highest BCUT2D eigenvalue weighted by atomic mass is 32.1. The van der Waals surface area contributed by atoms with Crippen molar-refractivity contribution in [3.8, 4) is 10.6 Å². The van der Waals surface area contributed by atoms with E-state index in [9.17, 15) is 13.6 Å². The molecule has 3 aromatic rings. The molecule has 0 radical (unpaired) electrons. The van der Waals surface area contributed by atoms with E-state index in [0.29, 0.717) is 5.69 Å². The zero-order valence-corrected chi connectivity index (χ0v) is 12.0. The predicted molar refractivity (Wildman–Crippen MR) is 81.9 cm³/mol. The molecule has 0 saturated carbocycles. The third kappa shape index (κ3) is 3.01. The molecular formula is C16H10F2N2OS. The first-order chi connectivity index (χ1) is 10.6. The molecular weight excluding hydrogens is 306 g/mol. The lowest BCUT2D eigenvalue weighted by atomic mass is 10.1. The molecule has 0 spiro atoms. The number of benzene rings is 2. The van der Waals surface area contributed by atoms with Crippen LogP contribution in [0.2, 0.25) is 0 Å². The average Bonchev–Trinajstić information content (AvgIpc) is 3.05. The molecule has 1 amide bonds. The number of carbonyl (C=O) groups excluding carboxylic acids is 1. The molecule has 0 bridgehead atoms. The van der Waals surface area contributed by atoms with Crippen LogP contribution in [0.3, 0.4) is 0 Å². The maximum Gasteiger partial charge on any atom is 0.258 e. The fraction of sp³-hybridized carbons (Fsp3) is 0. The monoisotopic (exact) mass is 316 g/mol. The van der Waals surface area contributed by atoms with Gasteiger partial charge in [0.25, 0.3) is 5.91 Å². The molecule has 0 aliphatic rings. The maximum absolute atomic E-state index is 13.5. The summed E-state index contributed by atoms with van der Waals surface area (Å²) in [6, 6.07) is 9.74. The Kier molecular flexibility index (Phi) is 3.93. The van der Waals surface area contributed by atoms with Gasteiger partial charge in [-0.25, -0.2) is 13.8 Å². The van der Waals surface area contributed by atoms with Crippen molar-refractivity contribution in [1.82, 2.24) is 4.98 Å². The van der Waals surface area contributed by atoms with Crippen molar-refractivity contribution in [3.63, 3.8) is 0 Å². The molecule has 1 heterocycles. The van der Waals surface area contributed by atoms with E-state index in [1.165, 1.54) is 11.3 Å². The topological polar surface area (TPSA) is 42.0 Å². The Morgan fingerprint density at radius 2 is 1.86 bits per heavy atom. The second kappa shape index (κ2) is 6.03. The lowest BCUT2D eigenvalue weighted by molar-refractivity contribution is 0.102. The molecule has 0 fully saturated rings. The molecule has 1 aromatic heterocycles. The van der Waals surface area contributed by atoms with Gasteiger partial charge in [-0.1, -0.05) is 0 Å². The molecule has 3 nitrogen and oxygen atoms in total. The van der Waals surface area contributed by atoms with E-state index in [1.807, 2.05) is 5.38 Å². The first kappa shape index (κ1) is 14.3. The number of anilines is 1. The zero-order valence-electron chi connectivity index (χ0n) is 11.2. The summed E-state index contributed by atoms with van der Waals surface area (Å²) in [5, 5.41) is 5.28. The van der Waals surface area contributed by atoms with E-state index < -0.39 is 17.5 Å². The molecule has 6 heteroatoms. The molecule has 0 aliphatic carbocycles. The number of hydrogen-bond acceptors (Lipinski definition) is 3. The Bertz CT molecular complexity index is 802. The van der Waals surface area contributed by atoms with Gasteiger partial charge in [0, 0.05) is 22.8 Å². The number of amides is 1. The van der Waals surface area contributed by atoms with Crippen LogP contribution in [0.15, 0.2) is 54.0 Å². The van der Waals surface area contributed by atoms with Crippen LogP contribution in [0.5, 0.6) is 0 Å². The Morgan fingerprint density at radius 1 is 1.09 bits per heavy atom. The highest BCUT2D eigenvalue weighted by Crippen LogP contribution is 2.23. The lowest BCUT2D eigenvalue weighted by Crippen LogP contribution is -2.14. The van der Waals surface area contributed by atoms with Crippen LogP contribution >= 0.6 is 11.3 Å². The van der Waals surface area contributed by atoms with Gasteiger partial charge in [-0.2, -0.15) is 0 Å². The largest absolute Gasteiger partial charge is 0.322 e. The normalized spacial score (nSPS) is 10.5. The number of aromatic nitrogens is 1. The summed E-state index contributed by atoms with van der Waals surface area (Å²) in [7, 11) is 0. The van der Waals surface area contributed by atoms with Gasteiger partial charge < -0.3 is 5.32 Å². The minimum Gasteiger partial charge on any atom is -0.322 e. The average molecular weight is 316 g/mol. The van der Waals surface area contributed by atoms with E-state index in [2.05, 4.69) is 10.3 Å². The van der Waals surface area contributed by atoms with Crippen LogP contribution in [-0.2, 0) is 0 Å². The van der Waals surface area contributed by atoms with Crippen LogP contribution < -0.4 is 5.32 Å². The number of halogens is 2. The fourth-order valence-electron chi connectivity index (χ4n) is 1.93. The van der Waals surface area contributed by atoms with Crippen molar-refractivity contribution in [2.75, 3.05) is 5.32 Å².